The number of aryl methyl sites for hydroxylation is 1. The molecule has 0 atom stereocenters. The molecule has 3 aromatic heterocycles. The van der Waals surface area contributed by atoms with Crippen LogP contribution in [0.1, 0.15) is 43.0 Å². The number of rotatable bonds is 6. The molecule has 0 bridgehead atoms. The Bertz CT molecular complexity index is 1340. The molecule has 2 fully saturated rings. The average Bonchev–Trinajstić information content (AvgIpc) is 3.45. The van der Waals surface area contributed by atoms with Crippen molar-refractivity contribution in [3.63, 3.8) is 0 Å². The van der Waals surface area contributed by atoms with Gasteiger partial charge in [-0.25, -0.2) is 4.39 Å². The van der Waals surface area contributed by atoms with Gasteiger partial charge in [0.1, 0.15) is 11.6 Å². The lowest BCUT2D eigenvalue weighted by Gasteiger charge is -2.30. The van der Waals surface area contributed by atoms with Crippen LogP contribution in [0.3, 0.4) is 0 Å². The molecule has 2 aliphatic rings. The van der Waals surface area contributed by atoms with Crippen molar-refractivity contribution in [2.45, 2.75) is 44.6 Å². The van der Waals surface area contributed by atoms with E-state index < -0.39 is 5.82 Å². The van der Waals surface area contributed by atoms with Crippen molar-refractivity contribution in [1.82, 2.24) is 25.1 Å². The highest BCUT2D eigenvalue weighted by Gasteiger charge is 2.26. The molecule has 0 unspecified atom stereocenters. The summed E-state index contributed by atoms with van der Waals surface area (Å²) < 4.78 is 21.0. The fourth-order valence-electron chi connectivity index (χ4n) is 4.38. The Morgan fingerprint density at radius 1 is 1.09 bits per heavy atom. The largest absolute Gasteiger partial charge is 0.421 e. The van der Waals surface area contributed by atoms with Gasteiger partial charge in [0.15, 0.2) is 17.4 Å². The van der Waals surface area contributed by atoms with Crippen LogP contribution in [0.4, 0.5) is 21.8 Å². The maximum Gasteiger partial charge on any atom is 0.326 e. The van der Waals surface area contributed by atoms with Crippen molar-refractivity contribution in [3.8, 4) is 11.8 Å². The number of piperidine rings is 1. The van der Waals surface area contributed by atoms with Crippen LogP contribution in [0.15, 0.2) is 30.3 Å². The van der Waals surface area contributed by atoms with Gasteiger partial charge in [-0.15, -0.1) is 0 Å². The van der Waals surface area contributed by atoms with Crippen LogP contribution in [-0.2, 0) is 0 Å². The second kappa shape index (κ2) is 8.28. The summed E-state index contributed by atoms with van der Waals surface area (Å²) in [5, 5.41) is 21.0. The summed E-state index contributed by atoms with van der Waals surface area (Å²) in [6.07, 6.45) is 3.36. The Morgan fingerprint density at radius 2 is 1.91 bits per heavy atom. The van der Waals surface area contributed by atoms with Crippen LogP contribution in [-0.4, -0.2) is 49.4 Å². The van der Waals surface area contributed by atoms with Gasteiger partial charge in [0.25, 0.3) is 0 Å². The number of fused-ring (bicyclic) bond motifs is 1. The molecule has 0 radical (unpaired) electrons. The summed E-state index contributed by atoms with van der Waals surface area (Å²) in [7, 11) is 0. The molecule has 4 N–H and O–H groups in total. The second-order valence-electron chi connectivity index (χ2n) is 9.11. The summed E-state index contributed by atoms with van der Waals surface area (Å²) in [5.74, 6) is 1.95. The summed E-state index contributed by atoms with van der Waals surface area (Å²) in [6.45, 7) is 3.20. The highest BCUT2D eigenvalue weighted by atomic mass is 19.1. The van der Waals surface area contributed by atoms with Gasteiger partial charge < -0.3 is 25.0 Å². The number of aliphatic hydroxyl groups is 1. The molecular formula is C24H26FN7O2. The van der Waals surface area contributed by atoms with E-state index in [9.17, 15) is 5.11 Å². The molecule has 1 aromatic carbocycles. The van der Waals surface area contributed by atoms with Crippen LogP contribution >= 0.6 is 0 Å². The summed E-state index contributed by atoms with van der Waals surface area (Å²) in [5.41, 5.74) is 2.68. The molecule has 34 heavy (non-hydrogen) atoms. The highest BCUT2D eigenvalue weighted by molar-refractivity contribution is 5.82. The molecule has 1 saturated heterocycles. The Balaban J connectivity index is 1.32. The fourth-order valence-corrected chi connectivity index (χ4v) is 4.38. The first-order valence-corrected chi connectivity index (χ1v) is 11.6. The van der Waals surface area contributed by atoms with Crippen LogP contribution in [0.5, 0.6) is 11.8 Å². The van der Waals surface area contributed by atoms with Gasteiger partial charge in [-0.05, 0) is 50.8 Å². The Hall–Kier alpha value is -3.66. The van der Waals surface area contributed by atoms with E-state index in [1.54, 1.807) is 18.2 Å². The lowest BCUT2D eigenvalue weighted by atomic mass is 10.1. The van der Waals surface area contributed by atoms with Crippen molar-refractivity contribution in [3.05, 3.63) is 47.5 Å². The van der Waals surface area contributed by atoms with Crippen molar-refractivity contribution in [1.29, 1.82) is 0 Å². The summed E-state index contributed by atoms with van der Waals surface area (Å²) >= 11 is 0. The summed E-state index contributed by atoms with van der Waals surface area (Å²) in [4.78, 5) is 14.2. The van der Waals surface area contributed by atoms with Gasteiger partial charge in [-0.1, -0.05) is 0 Å². The number of hydrogen-bond donors (Lipinski definition) is 4. The number of ether oxygens (including phenoxy) is 1. The van der Waals surface area contributed by atoms with Gasteiger partial charge in [0.05, 0.1) is 6.10 Å². The number of nitrogens with zero attached hydrogens (tertiary/aromatic N) is 4. The minimum atomic E-state index is -0.465. The number of nitrogens with one attached hydrogen (secondary N) is 3. The Kier molecular flexibility index (Phi) is 5.09. The quantitative estimate of drug-likeness (QED) is 0.333. The minimum absolute atomic E-state index is 0.0366. The number of benzene rings is 1. The van der Waals surface area contributed by atoms with Gasteiger partial charge in [-0.3, -0.25) is 5.10 Å². The molecule has 10 heteroatoms. The van der Waals surface area contributed by atoms with Crippen LogP contribution in [0, 0.1) is 12.7 Å². The first-order valence-electron chi connectivity index (χ1n) is 11.6. The van der Waals surface area contributed by atoms with Crippen molar-refractivity contribution in [2.24, 2.45) is 0 Å². The molecule has 0 spiro atoms. The fraction of sp³-hybridized carbons (Fsp3) is 0.375. The normalized spacial score (nSPS) is 16.9. The van der Waals surface area contributed by atoms with Crippen molar-refractivity contribution in [2.75, 3.05) is 23.3 Å². The molecule has 9 nitrogen and oxygen atoms in total. The van der Waals surface area contributed by atoms with E-state index in [4.69, 9.17) is 4.74 Å². The molecule has 1 saturated carbocycles. The van der Waals surface area contributed by atoms with E-state index in [0.717, 1.165) is 11.4 Å². The van der Waals surface area contributed by atoms with Crippen LogP contribution in [0.2, 0.25) is 0 Å². The molecule has 4 aromatic rings. The molecular weight excluding hydrogens is 437 g/mol. The maximum absolute atomic E-state index is 15.1. The number of aromatic nitrogens is 5. The molecule has 6 rings (SSSR count). The third-order valence-corrected chi connectivity index (χ3v) is 6.39. The molecule has 0 amide bonds. The number of H-pyrrole nitrogens is 2. The lowest BCUT2D eigenvalue weighted by Crippen LogP contribution is -2.36. The highest BCUT2D eigenvalue weighted by Crippen LogP contribution is 2.40. The van der Waals surface area contributed by atoms with Gasteiger partial charge in [0, 0.05) is 53.4 Å². The van der Waals surface area contributed by atoms with E-state index >= 15 is 4.39 Å². The first-order chi connectivity index (χ1) is 16.5. The zero-order chi connectivity index (χ0) is 23.2. The van der Waals surface area contributed by atoms with E-state index in [2.05, 4.69) is 35.4 Å². The molecule has 1 aliphatic heterocycles. The number of aliphatic hydroxyl groups excluding tert-OH is 1. The van der Waals surface area contributed by atoms with Gasteiger partial charge in [-0.2, -0.15) is 15.1 Å². The predicted octanol–water partition coefficient (Wildman–Crippen LogP) is 4.50. The maximum atomic E-state index is 15.1. The number of anilines is 3. The van der Waals surface area contributed by atoms with Crippen LogP contribution in [0.25, 0.3) is 10.9 Å². The topological polar surface area (TPSA) is 115 Å². The van der Waals surface area contributed by atoms with Crippen LogP contribution < -0.4 is 15.0 Å². The monoisotopic (exact) mass is 463 g/mol. The van der Waals surface area contributed by atoms with Crippen molar-refractivity contribution < 1.29 is 14.2 Å². The van der Waals surface area contributed by atoms with Gasteiger partial charge >= 0.3 is 6.01 Å². The van der Waals surface area contributed by atoms with E-state index in [1.165, 1.54) is 12.8 Å². The van der Waals surface area contributed by atoms with E-state index in [0.29, 0.717) is 60.2 Å². The first kappa shape index (κ1) is 20.9. The average molecular weight is 464 g/mol. The smallest absolute Gasteiger partial charge is 0.326 e. The Morgan fingerprint density at radius 3 is 2.71 bits per heavy atom. The molecule has 176 valence electrons. The van der Waals surface area contributed by atoms with Crippen molar-refractivity contribution >= 4 is 28.4 Å². The number of hydrogen-bond acceptors (Lipinski definition) is 7. The molecule has 1 aliphatic carbocycles. The third kappa shape index (κ3) is 4.16. The summed E-state index contributed by atoms with van der Waals surface area (Å²) in [6, 6.07) is 8.94. The zero-order valence-corrected chi connectivity index (χ0v) is 18.8. The minimum Gasteiger partial charge on any atom is -0.421 e. The van der Waals surface area contributed by atoms with E-state index in [1.807, 2.05) is 19.1 Å². The number of aromatic amines is 2. The molecule has 4 heterocycles. The zero-order valence-electron chi connectivity index (χ0n) is 18.8. The number of halogens is 1. The van der Waals surface area contributed by atoms with E-state index in [-0.39, 0.29) is 17.9 Å². The SMILES string of the molecule is Cc1cc2c(F)c(Oc3nc(Nc4cc(C5CC5)[nH]n4)cc(N4CCC(O)CC4)n3)ccc2[nH]1. The lowest BCUT2D eigenvalue weighted by molar-refractivity contribution is 0.145. The third-order valence-electron chi connectivity index (χ3n) is 6.39. The Labute approximate surface area is 195 Å². The standard InChI is InChI=1S/C24H26FN7O2/c1-13-10-16-17(26-13)4-5-19(23(16)25)34-24-28-20(27-21-11-18(30-31-21)14-2-3-14)12-22(29-24)32-8-6-15(33)7-9-32/h4-5,10-12,14-15,26,33H,2-3,6-9H2,1H3,(H2,27,28,29,30,31). The predicted molar refractivity (Wildman–Crippen MR) is 126 cm³/mol. The second-order valence-corrected chi connectivity index (χ2v) is 9.11. The van der Waals surface area contributed by atoms with Gasteiger partial charge in [0.2, 0.25) is 0 Å².